The van der Waals surface area contributed by atoms with Crippen LogP contribution in [0.2, 0.25) is 0 Å². The molecular formula is C21H24N2O5S2. The van der Waals surface area contributed by atoms with E-state index >= 15 is 0 Å². The van der Waals surface area contributed by atoms with E-state index in [2.05, 4.69) is 9.72 Å². The third-order valence-electron chi connectivity index (χ3n) is 4.53. The highest BCUT2D eigenvalue weighted by Gasteiger charge is 2.27. The summed E-state index contributed by atoms with van der Waals surface area (Å²) >= 11 is 1.23. The van der Waals surface area contributed by atoms with Gasteiger partial charge in [-0.05, 0) is 24.8 Å². The minimum Gasteiger partial charge on any atom is -0.464 e. The average Bonchev–Trinajstić information content (AvgIpc) is 3.23. The molecule has 160 valence electrons. The second-order valence-corrected chi connectivity index (χ2v) is 9.33. The maximum atomic E-state index is 13.6. The van der Waals surface area contributed by atoms with E-state index in [0.29, 0.717) is 30.0 Å². The third-order valence-corrected chi connectivity index (χ3v) is 7.26. The summed E-state index contributed by atoms with van der Waals surface area (Å²) in [6.07, 6.45) is 0.549. The zero-order chi connectivity index (χ0) is 21.6. The van der Waals surface area contributed by atoms with E-state index < -0.39 is 16.0 Å². The number of methoxy groups -OCH3 is 1. The Labute approximate surface area is 180 Å². The van der Waals surface area contributed by atoms with Gasteiger partial charge in [-0.3, -0.25) is 0 Å². The summed E-state index contributed by atoms with van der Waals surface area (Å²) in [5, 5.41) is 3.62. The highest BCUT2D eigenvalue weighted by molar-refractivity contribution is 7.89. The first-order chi connectivity index (χ1) is 14.5. The standard InChI is InChI=1S/C21H24N2O5S2/c1-3-28-13-7-12-23(14-20-22-18(15-29-20)21(24)27-2)30(25,26)19-11-6-9-16-8-4-5-10-17(16)19/h4-6,8-11,15H,3,7,12-14H2,1-2H3. The molecular weight excluding hydrogens is 424 g/mol. The number of esters is 1. The van der Waals surface area contributed by atoms with Crippen LogP contribution in [-0.4, -0.2) is 50.5 Å². The molecule has 1 heterocycles. The fraction of sp³-hybridized carbons (Fsp3) is 0.333. The Balaban J connectivity index is 1.93. The summed E-state index contributed by atoms with van der Waals surface area (Å²) in [6, 6.07) is 12.6. The summed E-state index contributed by atoms with van der Waals surface area (Å²) in [5.41, 5.74) is 0.175. The normalized spacial score (nSPS) is 11.8. The molecule has 30 heavy (non-hydrogen) atoms. The third kappa shape index (κ3) is 5.04. The lowest BCUT2D eigenvalue weighted by Gasteiger charge is -2.22. The lowest BCUT2D eigenvalue weighted by molar-refractivity contribution is 0.0594. The molecule has 0 spiro atoms. The topological polar surface area (TPSA) is 85.8 Å². The first-order valence-corrected chi connectivity index (χ1v) is 11.9. The second-order valence-electron chi connectivity index (χ2n) is 6.48. The average molecular weight is 449 g/mol. The number of rotatable bonds is 10. The predicted molar refractivity (Wildman–Crippen MR) is 116 cm³/mol. The Morgan fingerprint density at radius 3 is 2.70 bits per heavy atom. The van der Waals surface area contributed by atoms with Gasteiger partial charge >= 0.3 is 5.97 Å². The number of carbonyl (C=O) groups is 1. The lowest BCUT2D eigenvalue weighted by Crippen LogP contribution is -2.32. The molecule has 0 radical (unpaired) electrons. The van der Waals surface area contributed by atoms with Gasteiger partial charge < -0.3 is 9.47 Å². The predicted octanol–water partition coefficient (Wildman–Crippen LogP) is 3.70. The van der Waals surface area contributed by atoms with Crippen LogP contribution in [0, 0.1) is 0 Å². The number of carbonyl (C=O) groups excluding carboxylic acids is 1. The zero-order valence-corrected chi connectivity index (χ0v) is 18.5. The summed E-state index contributed by atoms with van der Waals surface area (Å²) in [4.78, 5) is 16.2. The van der Waals surface area contributed by atoms with Gasteiger partial charge in [-0.1, -0.05) is 36.4 Å². The van der Waals surface area contributed by atoms with Gasteiger partial charge in [-0.25, -0.2) is 18.2 Å². The van der Waals surface area contributed by atoms with Gasteiger partial charge in [0.05, 0.1) is 18.6 Å². The van der Waals surface area contributed by atoms with Crippen molar-refractivity contribution in [2.45, 2.75) is 24.8 Å². The maximum Gasteiger partial charge on any atom is 0.357 e. The van der Waals surface area contributed by atoms with Crippen LogP contribution < -0.4 is 0 Å². The molecule has 0 saturated carbocycles. The van der Waals surface area contributed by atoms with Crippen molar-refractivity contribution in [2.24, 2.45) is 0 Å². The van der Waals surface area contributed by atoms with Crippen molar-refractivity contribution >= 4 is 38.1 Å². The number of nitrogens with zero attached hydrogens (tertiary/aromatic N) is 2. The number of hydrogen-bond acceptors (Lipinski definition) is 7. The molecule has 0 N–H and O–H groups in total. The van der Waals surface area contributed by atoms with Crippen LogP contribution in [0.3, 0.4) is 0 Å². The number of benzene rings is 2. The Kier molecular flexibility index (Phi) is 7.54. The van der Waals surface area contributed by atoms with Gasteiger partial charge in [-0.2, -0.15) is 4.31 Å². The fourth-order valence-electron chi connectivity index (χ4n) is 3.06. The van der Waals surface area contributed by atoms with Crippen molar-refractivity contribution in [3.8, 4) is 0 Å². The molecule has 0 amide bonds. The first-order valence-electron chi connectivity index (χ1n) is 9.55. The molecule has 0 aliphatic heterocycles. The van der Waals surface area contributed by atoms with Gasteiger partial charge in [0.15, 0.2) is 5.69 Å². The largest absolute Gasteiger partial charge is 0.464 e. The Hall–Kier alpha value is -2.33. The minimum absolute atomic E-state index is 0.0688. The van der Waals surface area contributed by atoms with E-state index in [0.717, 1.165) is 5.39 Å². The van der Waals surface area contributed by atoms with Crippen molar-refractivity contribution in [2.75, 3.05) is 26.9 Å². The van der Waals surface area contributed by atoms with Gasteiger partial charge in [-0.15, -0.1) is 11.3 Å². The van der Waals surface area contributed by atoms with Crippen LogP contribution >= 0.6 is 11.3 Å². The van der Waals surface area contributed by atoms with Gasteiger partial charge in [0, 0.05) is 30.5 Å². The van der Waals surface area contributed by atoms with Crippen LogP contribution in [0.25, 0.3) is 10.8 Å². The van der Waals surface area contributed by atoms with E-state index in [1.807, 2.05) is 31.2 Å². The maximum absolute atomic E-state index is 13.6. The summed E-state index contributed by atoms with van der Waals surface area (Å²) < 4.78 is 38.6. The van der Waals surface area contributed by atoms with E-state index in [1.54, 1.807) is 23.6 Å². The molecule has 3 aromatic rings. The summed E-state index contributed by atoms with van der Waals surface area (Å²) in [7, 11) is -2.52. The van der Waals surface area contributed by atoms with E-state index in [1.165, 1.54) is 22.8 Å². The zero-order valence-electron chi connectivity index (χ0n) is 16.9. The van der Waals surface area contributed by atoms with Gasteiger partial charge in [0.1, 0.15) is 5.01 Å². The van der Waals surface area contributed by atoms with Crippen LogP contribution in [-0.2, 0) is 26.0 Å². The van der Waals surface area contributed by atoms with Crippen LogP contribution in [0.5, 0.6) is 0 Å². The summed E-state index contributed by atoms with van der Waals surface area (Å²) in [6.45, 7) is 3.28. The number of fused-ring (bicyclic) bond motifs is 1. The lowest BCUT2D eigenvalue weighted by atomic mass is 10.1. The number of ether oxygens (including phenoxy) is 2. The molecule has 9 heteroatoms. The van der Waals surface area contributed by atoms with E-state index in [-0.39, 0.29) is 23.7 Å². The van der Waals surface area contributed by atoms with Crippen LogP contribution in [0.15, 0.2) is 52.7 Å². The molecule has 0 aliphatic carbocycles. The smallest absolute Gasteiger partial charge is 0.357 e. The second kappa shape index (κ2) is 10.1. The fourth-order valence-corrected chi connectivity index (χ4v) is 5.58. The van der Waals surface area contributed by atoms with Gasteiger partial charge in [0.25, 0.3) is 0 Å². The van der Waals surface area contributed by atoms with Gasteiger partial charge in [0.2, 0.25) is 10.0 Å². The monoisotopic (exact) mass is 448 g/mol. The number of hydrogen-bond donors (Lipinski definition) is 0. The van der Waals surface area contributed by atoms with E-state index in [9.17, 15) is 13.2 Å². The molecule has 0 atom stereocenters. The molecule has 7 nitrogen and oxygen atoms in total. The molecule has 0 fully saturated rings. The van der Waals surface area contributed by atoms with E-state index in [4.69, 9.17) is 4.74 Å². The molecule has 0 unspecified atom stereocenters. The Bertz CT molecular complexity index is 1110. The van der Waals surface area contributed by atoms with Crippen LogP contribution in [0.1, 0.15) is 28.8 Å². The van der Waals surface area contributed by atoms with Crippen LogP contribution in [0.4, 0.5) is 0 Å². The summed E-state index contributed by atoms with van der Waals surface area (Å²) in [5.74, 6) is -0.544. The molecule has 1 aromatic heterocycles. The van der Waals surface area contributed by atoms with Crippen molar-refractivity contribution in [3.05, 3.63) is 58.5 Å². The molecule has 0 saturated heterocycles. The van der Waals surface area contributed by atoms with Crippen molar-refractivity contribution in [1.82, 2.24) is 9.29 Å². The first kappa shape index (κ1) is 22.4. The number of sulfonamides is 1. The molecule has 0 bridgehead atoms. The van der Waals surface area contributed by atoms with Crippen molar-refractivity contribution < 1.29 is 22.7 Å². The number of aromatic nitrogens is 1. The van der Waals surface area contributed by atoms with Crippen molar-refractivity contribution in [3.63, 3.8) is 0 Å². The molecule has 2 aromatic carbocycles. The Morgan fingerprint density at radius 2 is 1.93 bits per heavy atom. The quantitative estimate of drug-likeness (QED) is 0.347. The molecule has 3 rings (SSSR count). The Morgan fingerprint density at radius 1 is 1.17 bits per heavy atom. The SMILES string of the molecule is CCOCCCN(Cc1nc(C(=O)OC)cs1)S(=O)(=O)c1cccc2ccccc12. The number of thiazole rings is 1. The highest BCUT2D eigenvalue weighted by Crippen LogP contribution is 2.27. The molecule has 0 aliphatic rings. The highest BCUT2D eigenvalue weighted by atomic mass is 32.2. The minimum atomic E-state index is -3.80. The van der Waals surface area contributed by atoms with Crippen molar-refractivity contribution in [1.29, 1.82) is 0 Å².